The highest BCUT2D eigenvalue weighted by molar-refractivity contribution is 5.97. The van der Waals surface area contributed by atoms with Gasteiger partial charge in [0.05, 0.1) is 50.2 Å². The Morgan fingerprint density at radius 1 is 1.41 bits per heavy atom. The van der Waals surface area contributed by atoms with Crippen molar-refractivity contribution in [3.63, 3.8) is 0 Å². The van der Waals surface area contributed by atoms with Gasteiger partial charge in [-0.1, -0.05) is 0 Å². The largest absolute Gasteiger partial charge is 0.633 e. The Balaban J connectivity index is 1.97. The maximum atomic E-state index is 15.0. The van der Waals surface area contributed by atoms with Crippen LogP contribution in [-0.2, 0) is 0 Å². The normalized spacial score (nSPS) is 21.2. The Labute approximate surface area is 154 Å². The zero-order valence-corrected chi connectivity index (χ0v) is 15.1. The van der Waals surface area contributed by atoms with Crippen LogP contribution >= 0.6 is 0 Å². The van der Waals surface area contributed by atoms with Gasteiger partial charge >= 0.3 is 5.97 Å². The van der Waals surface area contributed by atoms with Crippen molar-refractivity contribution in [1.82, 2.24) is 4.57 Å². The van der Waals surface area contributed by atoms with Crippen LogP contribution in [0.2, 0.25) is 0 Å². The number of quaternary nitrogens is 1. The topological polar surface area (TPSA) is 94.8 Å². The van der Waals surface area contributed by atoms with Crippen molar-refractivity contribution in [2.24, 2.45) is 0 Å². The number of hydrogen-bond acceptors (Lipinski definition) is 5. The summed E-state index contributed by atoms with van der Waals surface area (Å²) >= 11 is 0. The number of carboxylic acids is 1. The van der Waals surface area contributed by atoms with E-state index < -0.39 is 22.8 Å². The summed E-state index contributed by atoms with van der Waals surface area (Å²) in [6.07, 6.45) is 1.30. The van der Waals surface area contributed by atoms with E-state index in [1.165, 1.54) is 6.20 Å². The first-order valence-electron chi connectivity index (χ1n) is 8.77. The second-order valence-electron chi connectivity index (χ2n) is 7.41. The molecule has 4 rings (SSSR count). The van der Waals surface area contributed by atoms with Gasteiger partial charge in [0.15, 0.2) is 11.6 Å². The summed E-state index contributed by atoms with van der Waals surface area (Å²) in [7, 11) is 1.58. The number of likely N-dealkylation sites (N-methyl/N-ethyl adjacent to an activating group) is 1. The number of benzene rings is 1. The number of hydrogen-bond donors (Lipinski definition) is 1. The second-order valence-corrected chi connectivity index (χ2v) is 7.41. The first kappa shape index (κ1) is 17.7. The van der Waals surface area contributed by atoms with Gasteiger partial charge < -0.3 is 29.2 Å². The molecule has 0 spiro atoms. The number of carboxylic acid groups (broad SMARTS) is 1. The molecular weight excluding hydrogens is 357 g/mol. The lowest BCUT2D eigenvalue weighted by atomic mass is 10.1. The first-order valence-corrected chi connectivity index (χ1v) is 8.77. The van der Waals surface area contributed by atoms with Crippen LogP contribution in [0.25, 0.3) is 10.9 Å². The van der Waals surface area contributed by atoms with Crippen molar-refractivity contribution >= 4 is 22.6 Å². The van der Waals surface area contributed by atoms with Gasteiger partial charge in [0.1, 0.15) is 17.9 Å². The van der Waals surface area contributed by atoms with E-state index in [2.05, 4.69) is 0 Å². The standard InChI is InChI=1S/C18H20FN3O5/c1-10-9-27-17-14-11(16(23)12(18(24)25)8-21(10)14)7-13(19)15(17)20-3-5-22(2,26)6-4-20/h7-8,10H,3-6,9H2,1-2H3,(H,24,25). The number of pyridine rings is 1. The predicted molar refractivity (Wildman–Crippen MR) is 96.8 cm³/mol. The quantitative estimate of drug-likeness (QED) is 0.630. The molecule has 1 atom stereocenters. The zero-order valence-electron chi connectivity index (χ0n) is 15.1. The molecule has 0 saturated carbocycles. The molecule has 1 N–H and O–H groups in total. The number of halogens is 1. The lowest BCUT2D eigenvalue weighted by Gasteiger charge is -2.46. The van der Waals surface area contributed by atoms with E-state index in [-0.39, 0.29) is 34.1 Å². The van der Waals surface area contributed by atoms with E-state index in [1.54, 1.807) is 16.5 Å². The third-order valence-corrected chi connectivity index (χ3v) is 5.37. The molecule has 1 fully saturated rings. The van der Waals surface area contributed by atoms with E-state index in [0.29, 0.717) is 31.7 Å². The van der Waals surface area contributed by atoms with Crippen molar-refractivity contribution < 1.29 is 23.7 Å². The van der Waals surface area contributed by atoms with Gasteiger partial charge in [-0.3, -0.25) is 4.79 Å². The summed E-state index contributed by atoms with van der Waals surface area (Å²) in [5, 5.41) is 21.4. The minimum atomic E-state index is -1.35. The molecule has 3 heterocycles. The van der Waals surface area contributed by atoms with Crippen LogP contribution < -0.4 is 15.1 Å². The number of hydroxylamine groups is 3. The Kier molecular flexibility index (Phi) is 3.90. The van der Waals surface area contributed by atoms with Crippen molar-refractivity contribution in [3.8, 4) is 5.75 Å². The number of ether oxygens (including phenoxy) is 1. The molecule has 9 heteroatoms. The minimum Gasteiger partial charge on any atom is -0.633 e. The number of nitrogens with zero attached hydrogens (tertiary/aromatic N) is 3. The van der Waals surface area contributed by atoms with Crippen molar-refractivity contribution in [1.29, 1.82) is 0 Å². The number of aromatic carboxylic acids is 1. The maximum absolute atomic E-state index is 15.0. The summed E-state index contributed by atoms with van der Waals surface area (Å²) in [5.74, 6) is -1.77. The molecular formula is C18H20FN3O5. The summed E-state index contributed by atoms with van der Waals surface area (Å²) in [6, 6.07) is 0.876. The van der Waals surface area contributed by atoms with Crippen molar-refractivity contribution in [3.05, 3.63) is 39.1 Å². The van der Waals surface area contributed by atoms with Gasteiger partial charge in [0.25, 0.3) is 0 Å². The maximum Gasteiger partial charge on any atom is 0.341 e. The summed E-state index contributed by atoms with van der Waals surface area (Å²) in [5.41, 5.74) is -0.511. The van der Waals surface area contributed by atoms with Crippen LogP contribution in [0.5, 0.6) is 5.75 Å². The van der Waals surface area contributed by atoms with E-state index in [1.807, 2.05) is 6.92 Å². The molecule has 27 heavy (non-hydrogen) atoms. The van der Waals surface area contributed by atoms with Crippen LogP contribution in [0.3, 0.4) is 0 Å². The predicted octanol–water partition coefficient (Wildman–Crippen LogP) is 1.56. The molecule has 0 radical (unpaired) electrons. The van der Waals surface area contributed by atoms with Crippen molar-refractivity contribution in [2.75, 3.05) is 44.7 Å². The number of rotatable bonds is 2. The fourth-order valence-electron chi connectivity index (χ4n) is 3.77. The van der Waals surface area contributed by atoms with Crippen LogP contribution in [-0.4, -0.2) is 60.1 Å². The molecule has 1 saturated heterocycles. The average molecular weight is 377 g/mol. The molecule has 0 bridgehead atoms. The van der Waals surface area contributed by atoms with Gasteiger partial charge in [0.2, 0.25) is 5.43 Å². The average Bonchev–Trinajstić information content (AvgIpc) is 2.60. The molecule has 0 amide bonds. The van der Waals surface area contributed by atoms with Gasteiger partial charge in [-0.15, -0.1) is 0 Å². The Bertz CT molecular complexity index is 1010. The second kappa shape index (κ2) is 5.93. The van der Waals surface area contributed by atoms with Crippen LogP contribution in [0.1, 0.15) is 23.3 Å². The highest BCUT2D eigenvalue weighted by Crippen LogP contribution is 2.42. The molecule has 144 valence electrons. The number of anilines is 1. The Morgan fingerprint density at radius 3 is 2.70 bits per heavy atom. The summed E-state index contributed by atoms with van der Waals surface area (Å²) in [4.78, 5) is 25.8. The Hall–Kier alpha value is -2.65. The van der Waals surface area contributed by atoms with E-state index in [4.69, 9.17) is 4.74 Å². The van der Waals surface area contributed by atoms with Crippen molar-refractivity contribution in [2.45, 2.75) is 13.0 Å². The highest BCUT2D eigenvalue weighted by atomic mass is 19.1. The molecule has 1 aromatic heterocycles. The zero-order chi connectivity index (χ0) is 19.5. The lowest BCUT2D eigenvalue weighted by Crippen LogP contribution is -2.54. The summed E-state index contributed by atoms with van der Waals surface area (Å²) in [6.45, 7) is 3.43. The molecule has 2 aromatic rings. The smallest absolute Gasteiger partial charge is 0.341 e. The number of aromatic nitrogens is 1. The lowest BCUT2D eigenvalue weighted by molar-refractivity contribution is -0.861. The number of carbonyl (C=O) groups is 1. The van der Waals surface area contributed by atoms with Crippen LogP contribution in [0, 0.1) is 11.0 Å². The molecule has 0 aliphatic carbocycles. The fourth-order valence-corrected chi connectivity index (χ4v) is 3.77. The van der Waals surface area contributed by atoms with Crippen LogP contribution in [0.4, 0.5) is 10.1 Å². The molecule has 2 aliphatic rings. The fraction of sp³-hybridized carbons (Fsp3) is 0.444. The number of piperazine rings is 1. The van der Waals surface area contributed by atoms with E-state index >= 15 is 4.39 Å². The van der Waals surface area contributed by atoms with Crippen LogP contribution in [0.15, 0.2) is 17.1 Å². The third-order valence-electron chi connectivity index (χ3n) is 5.37. The molecule has 1 aromatic carbocycles. The summed E-state index contributed by atoms with van der Waals surface area (Å²) < 4.78 is 22.1. The molecule has 8 nitrogen and oxygen atoms in total. The van der Waals surface area contributed by atoms with E-state index in [0.717, 1.165) is 6.07 Å². The molecule has 2 aliphatic heterocycles. The van der Waals surface area contributed by atoms with Gasteiger partial charge in [0, 0.05) is 6.20 Å². The van der Waals surface area contributed by atoms with Gasteiger partial charge in [-0.05, 0) is 13.0 Å². The Morgan fingerprint density at radius 2 is 2.07 bits per heavy atom. The monoisotopic (exact) mass is 377 g/mol. The van der Waals surface area contributed by atoms with Gasteiger partial charge in [-0.25, -0.2) is 9.18 Å². The minimum absolute atomic E-state index is 0.0147. The SMILES string of the molecule is CC1COc2c(N3CC[N+](C)([O-])CC3)c(F)cc3c(=O)c(C(=O)O)cn1c23. The van der Waals surface area contributed by atoms with E-state index in [9.17, 15) is 19.9 Å². The highest BCUT2D eigenvalue weighted by Gasteiger charge is 2.32. The molecule has 1 unspecified atom stereocenters. The first-order chi connectivity index (χ1) is 12.7. The van der Waals surface area contributed by atoms with Gasteiger partial charge in [-0.2, -0.15) is 0 Å². The third kappa shape index (κ3) is 2.74.